The summed E-state index contributed by atoms with van der Waals surface area (Å²) in [5, 5.41) is 14.8. The van der Waals surface area contributed by atoms with Gasteiger partial charge in [-0.15, -0.1) is 0 Å². The minimum Gasteiger partial charge on any atom is -0.444 e. The molecule has 1 atom stereocenters. The van der Waals surface area contributed by atoms with Crippen LogP contribution in [-0.4, -0.2) is 74.2 Å². The highest BCUT2D eigenvalue weighted by molar-refractivity contribution is 6.74. The monoisotopic (exact) mass is 494 g/mol. The third kappa shape index (κ3) is 7.25. The van der Waals surface area contributed by atoms with Crippen molar-refractivity contribution in [2.45, 2.75) is 58.0 Å². The molecule has 1 heterocycles. The van der Waals surface area contributed by atoms with Crippen LogP contribution in [0.25, 0.3) is 0 Å². The number of hydrogen-bond acceptors (Lipinski definition) is 8. The number of ether oxygens (including phenoxy) is 1. The number of nitrogens with zero attached hydrogens (tertiary/aromatic N) is 4. The molecule has 2 rings (SSSR count). The van der Waals surface area contributed by atoms with Crippen molar-refractivity contribution < 1.29 is 28.5 Å². The van der Waals surface area contributed by atoms with Gasteiger partial charge in [-0.05, 0) is 35.8 Å². The Bertz CT molecular complexity index is 926. The third-order valence-electron chi connectivity index (χ3n) is 5.96. The maximum absolute atomic E-state index is 12.9. The van der Waals surface area contributed by atoms with Gasteiger partial charge >= 0.3 is 6.09 Å². The highest BCUT2D eigenvalue weighted by Gasteiger charge is 2.43. The van der Waals surface area contributed by atoms with Gasteiger partial charge in [-0.25, -0.2) is 4.79 Å². The number of likely N-dealkylation sites (tertiary alicyclic amines) is 1. The van der Waals surface area contributed by atoms with E-state index in [-0.39, 0.29) is 42.5 Å². The highest BCUT2D eigenvalue weighted by Crippen LogP contribution is 2.38. The van der Waals surface area contributed by atoms with Crippen LogP contribution >= 0.6 is 0 Å². The van der Waals surface area contributed by atoms with E-state index in [2.05, 4.69) is 39.0 Å². The zero-order chi connectivity index (χ0) is 25.7. The van der Waals surface area contributed by atoms with Crippen molar-refractivity contribution in [1.29, 1.82) is 0 Å². The maximum Gasteiger partial charge on any atom is 0.415 e. The number of amides is 2. The molecule has 1 aliphatic heterocycles. The fourth-order valence-electron chi connectivity index (χ4n) is 2.85. The van der Waals surface area contributed by atoms with Crippen LogP contribution in [0.15, 0.2) is 29.4 Å². The fraction of sp³-hybridized carbons (Fsp3) is 0.591. The van der Waals surface area contributed by atoms with Crippen LogP contribution in [-0.2, 0) is 25.4 Å². The molecule has 0 radical (unpaired) electrons. The molecule has 12 heteroatoms. The van der Waals surface area contributed by atoms with E-state index >= 15 is 0 Å². The van der Waals surface area contributed by atoms with Crippen LogP contribution in [0.2, 0.25) is 18.1 Å². The number of amidine groups is 1. The number of benzene rings is 1. The van der Waals surface area contributed by atoms with Crippen molar-refractivity contribution in [2.24, 2.45) is 5.16 Å². The van der Waals surface area contributed by atoms with Crippen LogP contribution in [0.5, 0.6) is 0 Å². The Balaban J connectivity index is 2.11. The molecule has 0 N–H and O–H groups in total. The Kier molecular flexibility index (Phi) is 8.78. The maximum atomic E-state index is 12.9. The average Bonchev–Trinajstić information content (AvgIpc) is 3.13. The number of nitro groups is 1. The predicted molar refractivity (Wildman–Crippen MR) is 129 cm³/mol. The molecule has 34 heavy (non-hydrogen) atoms. The van der Waals surface area contributed by atoms with Gasteiger partial charge < -0.3 is 18.9 Å². The van der Waals surface area contributed by atoms with Crippen molar-refractivity contribution in [1.82, 2.24) is 9.80 Å². The number of non-ortho nitro benzene ring substituents is 1. The van der Waals surface area contributed by atoms with Crippen molar-refractivity contribution in [3.63, 3.8) is 0 Å². The summed E-state index contributed by atoms with van der Waals surface area (Å²) in [6.07, 6.45) is -0.573. The number of nitro benzene ring substituents is 1. The second-order valence-corrected chi connectivity index (χ2v) is 14.6. The van der Waals surface area contributed by atoms with Gasteiger partial charge in [-0.1, -0.05) is 25.9 Å². The Labute approximate surface area is 200 Å². The van der Waals surface area contributed by atoms with E-state index in [1.54, 1.807) is 14.1 Å². The smallest absolute Gasteiger partial charge is 0.415 e. The lowest BCUT2D eigenvalue weighted by Gasteiger charge is -2.38. The number of likely N-dealkylation sites (N-methyl/N-ethyl adjacent to an activating group) is 1. The molecule has 188 valence electrons. The molecule has 1 fully saturated rings. The Morgan fingerprint density at radius 3 is 2.38 bits per heavy atom. The summed E-state index contributed by atoms with van der Waals surface area (Å²) in [6.45, 7) is 10.6. The molecule has 0 aromatic heterocycles. The first-order valence-electron chi connectivity index (χ1n) is 11.0. The summed E-state index contributed by atoms with van der Waals surface area (Å²) in [6, 6.07) is 5.77. The lowest BCUT2D eigenvalue weighted by Crippen LogP contribution is -2.44. The summed E-state index contributed by atoms with van der Waals surface area (Å²) in [7, 11) is 1.12. The van der Waals surface area contributed by atoms with Crippen molar-refractivity contribution in [3.05, 3.63) is 39.9 Å². The number of rotatable bonds is 8. The van der Waals surface area contributed by atoms with Crippen LogP contribution in [0.3, 0.4) is 0 Å². The van der Waals surface area contributed by atoms with E-state index in [9.17, 15) is 19.7 Å². The number of oxime groups is 1. The molecule has 0 spiro atoms. The van der Waals surface area contributed by atoms with Crippen LogP contribution in [0, 0.1) is 10.1 Å². The molecule has 1 aromatic rings. The quantitative estimate of drug-likeness (QED) is 0.306. The number of hydrogen-bond donors (Lipinski definition) is 0. The van der Waals surface area contributed by atoms with Crippen LogP contribution in [0.4, 0.5) is 10.5 Å². The molecule has 1 aromatic carbocycles. The van der Waals surface area contributed by atoms with Crippen molar-refractivity contribution in [3.8, 4) is 0 Å². The molecule has 1 unspecified atom stereocenters. The average molecular weight is 495 g/mol. The lowest BCUT2D eigenvalue weighted by molar-refractivity contribution is -0.384. The molecule has 11 nitrogen and oxygen atoms in total. The molecular weight excluding hydrogens is 460 g/mol. The van der Waals surface area contributed by atoms with E-state index < -0.39 is 19.3 Å². The zero-order valence-corrected chi connectivity index (χ0v) is 21.9. The van der Waals surface area contributed by atoms with Gasteiger partial charge in [0, 0.05) is 32.6 Å². The van der Waals surface area contributed by atoms with Crippen LogP contribution in [0.1, 0.15) is 32.8 Å². The second kappa shape index (κ2) is 11.0. The molecule has 1 aliphatic rings. The van der Waals surface area contributed by atoms with Gasteiger partial charge in [-0.3, -0.25) is 19.8 Å². The normalized spacial score (nSPS) is 17.6. The molecule has 2 amide bonds. The van der Waals surface area contributed by atoms with Gasteiger partial charge in [0.05, 0.1) is 17.6 Å². The van der Waals surface area contributed by atoms with Gasteiger partial charge in [0.1, 0.15) is 6.61 Å². The Morgan fingerprint density at radius 1 is 1.24 bits per heavy atom. The first kappa shape index (κ1) is 27.3. The topological polar surface area (TPSA) is 124 Å². The van der Waals surface area contributed by atoms with Gasteiger partial charge in [0.15, 0.2) is 20.8 Å². The molecule has 0 saturated carbocycles. The molecule has 0 aliphatic carbocycles. The minimum absolute atomic E-state index is 0.0111. The van der Waals surface area contributed by atoms with Gasteiger partial charge in [-0.2, -0.15) is 0 Å². The zero-order valence-electron chi connectivity index (χ0n) is 20.9. The van der Waals surface area contributed by atoms with Crippen molar-refractivity contribution in [2.75, 3.05) is 27.2 Å². The largest absolute Gasteiger partial charge is 0.444 e. The number of carbonyl (C=O) groups excluding carboxylic acids is 2. The standard InChI is InChI=1S/C22H34N4O7Si/c1-22(2,3)34(6,7)33-18-12-19(23-32-15-20(27)24(4)5)25(13-18)21(28)31-14-16-8-10-17(11-9-16)26(29)30/h8-11,18H,12-15H2,1-7H3/b23-19+. The summed E-state index contributed by atoms with van der Waals surface area (Å²) >= 11 is 0. The molecular formula is C22H34N4O7Si. The van der Waals surface area contributed by atoms with E-state index in [4.69, 9.17) is 14.0 Å². The van der Waals surface area contributed by atoms with Crippen LogP contribution < -0.4 is 0 Å². The van der Waals surface area contributed by atoms with E-state index in [1.165, 1.54) is 34.1 Å². The minimum atomic E-state index is -2.10. The van der Waals surface area contributed by atoms with Gasteiger partial charge in [0.25, 0.3) is 11.6 Å². The summed E-state index contributed by atoms with van der Waals surface area (Å²) in [5.41, 5.74) is 0.567. The predicted octanol–water partition coefficient (Wildman–Crippen LogP) is 3.75. The number of carbonyl (C=O) groups is 2. The Morgan fingerprint density at radius 2 is 1.85 bits per heavy atom. The van der Waals surface area contributed by atoms with Gasteiger partial charge in [0.2, 0.25) is 0 Å². The summed E-state index contributed by atoms with van der Waals surface area (Å²) < 4.78 is 11.9. The highest BCUT2D eigenvalue weighted by atomic mass is 28.4. The lowest BCUT2D eigenvalue weighted by atomic mass is 10.2. The van der Waals surface area contributed by atoms with E-state index in [1.807, 2.05) is 0 Å². The summed E-state index contributed by atoms with van der Waals surface area (Å²) in [5.74, 6) is 0.0627. The second-order valence-electron chi connectivity index (χ2n) is 9.86. The SMILES string of the molecule is CN(C)C(=O)CO/N=C1\CC(O[Si](C)(C)C(C)(C)C)CN1C(=O)OCc1ccc([N+](=O)[O-])cc1. The van der Waals surface area contributed by atoms with E-state index in [0.717, 1.165) is 0 Å². The van der Waals surface area contributed by atoms with E-state index in [0.29, 0.717) is 17.8 Å². The summed E-state index contributed by atoms with van der Waals surface area (Å²) in [4.78, 5) is 42.9. The molecule has 0 bridgehead atoms. The molecule has 1 saturated heterocycles. The van der Waals surface area contributed by atoms with Crippen molar-refractivity contribution >= 4 is 31.8 Å². The Hall–Kier alpha value is -2.99. The first-order chi connectivity index (χ1) is 15.7. The fourth-order valence-corrected chi connectivity index (χ4v) is 4.20. The third-order valence-corrected chi connectivity index (χ3v) is 10.5. The first-order valence-corrected chi connectivity index (χ1v) is 13.9.